The summed E-state index contributed by atoms with van der Waals surface area (Å²) in [6, 6.07) is 10.9. The van der Waals surface area contributed by atoms with E-state index in [0.29, 0.717) is 40.0 Å². The third-order valence-electron chi connectivity index (χ3n) is 8.39. The van der Waals surface area contributed by atoms with E-state index in [1.807, 2.05) is 6.08 Å². The number of benzene rings is 2. The monoisotopic (exact) mass is 541 g/mol. The number of rotatable bonds is 3. The number of Topliss-reactive ketones (excluding diaryl/α,β-unsaturated/α-hetero) is 2. The molecule has 1 fully saturated rings. The number of hydrogen-bond acceptors (Lipinski definition) is 6. The smallest absolute Gasteiger partial charge is 0.238 e. The molecule has 3 aliphatic carbocycles. The number of nitrogens with zero attached hydrogens (tertiary/aromatic N) is 1. The number of fused-ring (bicyclic) bond motifs is 3. The maximum Gasteiger partial charge on any atom is 0.238 e. The highest BCUT2D eigenvalue weighted by Crippen LogP contribution is 2.56. The number of amides is 2. The van der Waals surface area contributed by atoms with Gasteiger partial charge in [0.2, 0.25) is 11.8 Å². The Balaban J connectivity index is 1.46. The van der Waals surface area contributed by atoms with Crippen LogP contribution in [0.2, 0.25) is 5.02 Å². The first-order valence-corrected chi connectivity index (χ1v) is 13.1. The van der Waals surface area contributed by atoms with Crippen LogP contribution in [0.15, 0.2) is 76.9 Å². The SMILES string of the molecule is CC(=O)c1ccc(N2C(=O)[C@H]3[C@H](CC=C4[C@H](c5ccc(O)cc5Cl)C5=C(C[C@H]43)C(=O)C=C(C)C5=O)C2=O)cc1. The zero-order valence-electron chi connectivity index (χ0n) is 21.2. The summed E-state index contributed by atoms with van der Waals surface area (Å²) in [4.78, 5) is 67.0. The van der Waals surface area contributed by atoms with Crippen LogP contribution in [0.1, 0.15) is 48.5 Å². The Kier molecular flexibility index (Phi) is 5.81. The molecule has 0 radical (unpaired) electrons. The summed E-state index contributed by atoms with van der Waals surface area (Å²) in [6.45, 7) is 3.05. The summed E-state index contributed by atoms with van der Waals surface area (Å²) in [5, 5.41) is 10.2. The van der Waals surface area contributed by atoms with Gasteiger partial charge in [-0.2, -0.15) is 0 Å². The van der Waals surface area contributed by atoms with Gasteiger partial charge in [0.05, 0.1) is 17.5 Å². The third kappa shape index (κ3) is 3.75. The van der Waals surface area contributed by atoms with E-state index in [9.17, 15) is 29.1 Å². The molecule has 6 rings (SSSR count). The van der Waals surface area contributed by atoms with E-state index in [0.717, 1.165) is 5.57 Å². The number of allylic oxidation sites excluding steroid dienone is 6. The minimum atomic E-state index is -0.715. The topological polar surface area (TPSA) is 109 Å². The Hall–Kier alpha value is -4.10. The van der Waals surface area contributed by atoms with Crippen LogP contribution in [-0.4, -0.2) is 34.3 Å². The van der Waals surface area contributed by atoms with E-state index < -0.39 is 23.7 Å². The molecule has 2 aromatic carbocycles. The van der Waals surface area contributed by atoms with Crippen molar-refractivity contribution in [3.05, 3.63) is 93.1 Å². The highest BCUT2D eigenvalue weighted by Gasteiger charge is 2.56. The summed E-state index contributed by atoms with van der Waals surface area (Å²) < 4.78 is 0. The highest BCUT2D eigenvalue weighted by molar-refractivity contribution is 6.32. The number of anilines is 1. The summed E-state index contributed by atoms with van der Waals surface area (Å²) in [7, 11) is 0. The molecule has 4 aliphatic rings. The number of carbonyl (C=O) groups excluding carboxylic acids is 5. The fourth-order valence-corrected chi connectivity index (χ4v) is 6.85. The van der Waals surface area contributed by atoms with Gasteiger partial charge < -0.3 is 5.11 Å². The van der Waals surface area contributed by atoms with Crippen molar-refractivity contribution in [2.75, 3.05) is 4.90 Å². The van der Waals surface area contributed by atoms with Crippen molar-refractivity contribution >= 4 is 46.5 Å². The van der Waals surface area contributed by atoms with Crippen molar-refractivity contribution < 1.29 is 29.1 Å². The molecule has 0 spiro atoms. The van der Waals surface area contributed by atoms with Crippen molar-refractivity contribution in [3.8, 4) is 5.75 Å². The maximum atomic E-state index is 13.9. The van der Waals surface area contributed by atoms with Crippen LogP contribution in [0.25, 0.3) is 0 Å². The normalized spacial score (nSPS) is 26.2. The van der Waals surface area contributed by atoms with Crippen LogP contribution in [0.5, 0.6) is 5.75 Å². The van der Waals surface area contributed by atoms with Crippen molar-refractivity contribution in [2.24, 2.45) is 17.8 Å². The number of halogens is 1. The standard InChI is InChI=1S/C31H24ClNO6/c1-14-11-25(36)23-13-22-19(26(28(23)29(14)37)20-8-7-18(35)12-24(20)32)9-10-21-27(22)31(39)33(30(21)38)17-5-3-16(4-6-17)15(2)34/h3-9,11-12,21-22,26-27,35H,10,13H2,1-2H3/t21-,22+,26+,27-/m0/s1. The molecular weight excluding hydrogens is 518 g/mol. The van der Waals surface area contributed by atoms with E-state index in [4.69, 9.17) is 11.6 Å². The summed E-state index contributed by atoms with van der Waals surface area (Å²) in [5.74, 6) is -3.86. The Morgan fingerprint density at radius 1 is 1.00 bits per heavy atom. The van der Waals surface area contributed by atoms with E-state index >= 15 is 0 Å². The molecule has 0 unspecified atom stereocenters. The zero-order valence-corrected chi connectivity index (χ0v) is 22.0. The van der Waals surface area contributed by atoms with Gasteiger partial charge in [0.25, 0.3) is 0 Å². The van der Waals surface area contributed by atoms with Crippen molar-refractivity contribution in [3.63, 3.8) is 0 Å². The van der Waals surface area contributed by atoms with E-state index in [2.05, 4.69) is 0 Å². The predicted molar refractivity (Wildman–Crippen MR) is 143 cm³/mol. The number of hydrogen-bond donors (Lipinski definition) is 1. The Morgan fingerprint density at radius 3 is 2.38 bits per heavy atom. The highest BCUT2D eigenvalue weighted by atomic mass is 35.5. The fraction of sp³-hybridized carbons (Fsp3) is 0.258. The minimum absolute atomic E-state index is 0.0341. The van der Waals surface area contributed by atoms with Crippen LogP contribution in [-0.2, 0) is 19.2 Å². The van der Waals surface area contributed by atoms with Crippen molar-refractivity contribution in [1.82, 2.24) is 0 Å². The number of carbonyl (C=O) groups is 5. The Labute approximate surface area is 229 Å². The van der Waals surface area contributed by atoms with Crippen LogP contribution < -0.4 is 4.90 Å². The molecule has 39 heavy (non-hydrogen) atoms. The molecule has 0 aromatic heterocycles. The molecule has 1 aliphatic heterocycles. The average molecular weight is 542 g/mol. The second-order valence-electron chi connectivity index (χ2n) is 10.5. The number of imide groups is 1. The predicted octanol–water partition coefficient (Wildman–Crippen LogP) is 4.88. The van der Waals surface area contributed by atoms with Gasteiger partial charge in [-0.25, -0.2) is 0 Å². The molecule has 0 saturated carbocycles. The molecular formula is C31H24ClNO6. The first-order valence-electron chi connectivity index (χ1n) is 12.8. The lowest BCUT2D eigenvalue weighted by Crippen LogP contribution is -2.39. The lowest BCUT2D eigenvalue weighted by Gasteiger charge is -2.42. The largest absolute Gasteiger partial charge is 0.508 e. The van der Waals surface area contributed by atoms with Gasteiger partial charge in [-0.3, -0.25) is 28.9 Å². The van der Waals surface area contributed by atoms with Gasteiger partial charge in [-0.15, -0.1) is 0 Å². The number of aromatic hydroxyl groups is 1. The van der Waals surface area contributed by atoms with E-state index in [1.165, 1.54) is 30.0 Å². The average Bonchev–Trinajstić information content (AvgIpc) is 3.16. The van der Waals surface area contributed by atoms with Crippen LogP contribution in [0.4, 0.5) is 5.69 Å². The van der Waals surface area contributed by atoms with Gasteiger partial charge in [0.1, 0.15) is 5.75 Å². The van der Waals surface area contributed by atoms with Crippen LogP contribution >= 0.6 is 11.6 Å². The molecule has 2 amide bonds. The van der Waals surface area contributed by atoms with Gasteiger partial charge in [0.15, 0.2) is 17.3 Å². The van der Waals surface area contributed by atoms with Crippen LogP contribution in [0.3, 0.4) is 0 Å². The Bertz CT molecular complexity index is 1610. The summed E-state index contributed by atoms with van der Waals surface area (Å²) in [5.41, 5.74) is 3.23. The first-order chi connectivity index (χ1) is 18.6. The molecule has 1 N–H and O–H groups in total. The maximum absolute atomic E-state index is 13.9. The first kappa shape index (κ1) is 25.2. The summed E-state index contributed by atoms with van der Waals surface area (Å²) in [6.07, 6.45) is 3.71. The quantitative estimate of drug-likeness (QED) is 0.257. The molecule has 0 bridgehead atoms. The molecule has 1 heterocycles. The van der Waals surface area contributed by atoms with E-state index in [1.54, 1.807) is 37.3 Å². The van der Waals surface area contributed by atoms with Crippen molar-refractivity contribution in [1.29, 1.82) is 0 Å². The fourth-order valence-electron chi connectivity index (χ4n) is 6.57. The molecule has 2 aromatic rings. The third-order valence-corrected chi connectivity index (χ3v) is 8.72. The van der Waals surface area contributed by atoms with Gasteiger partial charge in [-0.1, -0.05) is 29.3 Å². The zero-order chi connectivity index (χ0) is 27.7. The van der Waals surface area contributed by atoms with E-state index in [-0.39, 0.29) is 46.4 Å². The molecule has 4 atom stereocenters. The van der Waals surface area contributed by atoms with Gasteiger partial charge in [0, 0.05) is 33.2 Å². The molecule has 8 heteroatoms. The number of phenols is 1. The van der Waals surface area contributed by atoms with Crippen molar-refractivity contribution in [2.45, 2.75) is 32.6 Å². The molecule has 7 nitrogen and oxygen atoms in total. The number of ketones is 3. The minimum Gasteiger partial charge on any atom is -0.508 e. The lowest BCUT2D eigenvalue weighted by atomic mass is 9.59. The Morgan fingerprint density at radius 2 is 1.72 bits per heavy atom. The summed E-state index contributed by atoms with van der Waals surface area (Å²) >= 11 is 6.57. The van der Waals surface area contributed by atoms with Gasteiger partial charge in [-0.05, 0) is 80.6 Å². The molecule has 196 valence electrons. The lowest BCUT2D eigenvalue weighted by molar-refractivity contribution is -0.123. The van der Waals surface area contributed by atoms with Crippen LogP contribution in [0, 0.1) is 17.8 Å². The number of phenolic OH excluding ortho intramolecular Hbond substituents is 1. The van der Waals surface area contributed by atoms with Gasteiger partial charge >= 0.3 is 0 Å². The second-order valence-corrected chi connectivity index (χ2v) is 11.0. The second kappa shape index (κ2) is 8.99. The molecule has 1 saturated heterocycles.